The van der Waals surface area contributed by atoms with Crippen molar-refractivity contribution in [3.05, 3.63) is 18.0 Å². The lowest BCUT2D eigenvalue weighted by molar-refractivity contribution is -0.137. The Hall–Kier alpha value is -1.87. The molecule has 19 heavy (non-hydrogen) atoms. The van der Waals surface area contributed by atoms with Gasteiger partial charge in [-0.05, 0) is 13.1 Å². The van der Waals surface area contributed by atoms with E-state index in [9.17, 15) is 18.0 Å². The van der Waals surface area contributed by atoms with Crippen LogP contribution in [-0.2, 0) is 21.9 Å². The standard InChI is InChI=1S/C10H15N3O5S/c1-11-19(17,18)7-4-8(12(2)5-7)10(16)13(3)6-9(14)15/h4-5,11H,6H2,1-3H3,(H,14,15). The minimum Gasteiger partial charge on any atom is -0.480 e. The van der Waals surface area contributed by atoms with Gasteiger partial charge in [0, 0.05) is 20.3 Å². The number of sulfonamides is 1. The molecule has 0 saturated carbocycles. The van der Waals surface area contributed by atoms with Crippen LogP contribution in [0.3, 0.4) is 0 Å². The first kappa shape index (κ1) is 15.2. The summed E-state index contributed by atoms with van der Waals surface area (Å²) >= 11 is 0. The maximum Gasteiger partial charge on any atom is 0.323 e. The van der Waals surface area contributed by atoms with Gasteiger partial charge in [0.1, 0.15) is 17.1 Å². The molecule has 0 aromatic carbocycles. The first-order valence-corrected chi connectivity index (χ1v) is 6.74. The molecule has 0 bridgehead atoms. The Balaban J connectivity index is 3.10. The van der Waals surface area contributed by atoms with Gasteiger partial charge in [-0.2, -0.15) is 0 Å². The fourth-order valence-electron chi connectivity index (χ4n) is 1.48. The zero-order valence-electron chi connectivity index (χ0n) is 10.7. The maximum atomic E-state index is 12.0. The minimum absolute atomic E-state index is 0.0513. The number of carbonyl (C=O) groups excluding carboxylic acids is 1. The lowest BCUT2D eigenvalue weighted by Gasteiger charge is -2.14. The molecule has 2 N–H and O–H groups in total. The number of hydrogen-bond donors (Lipinski definition) is 2. The number of carbonyl (C=O) groups is 2. The van der Waals surface area contributed by atoms with Crippen molar-refractivity contribution in [1.29, 1.82) is 0 Å². The number of aliphatic carboxylic acids is 1. The third-order valence-corrected chi connectivity index (χ3v) is 3.88. The third-order valence-electron chi connectivity index (χ3n) is 2.50. The van der Waals surface area contributed by atoms with Gasteiger partial charge in [0.05, 0.1) is 0 Å². The van der Waals surface area contributed by atoms with Crippen molar-refractivity contribution in [2.24, 2.45) is 7.05 Å². The molecule has 0 radical (unpaired) electrons. The highest BCUT2D eigenvalue weighted by Crippen LogP contribution is 2.14. The van der Waals surface area contributed by atoms with E-state index in [2.05, 4.69) is 4.72 Å². The number of carboxylic acid groups (broad SMARTS) is 1. The van der Waals surface area contributed by atoms with Crippen LogP contribution in [-0.4, -0.2) is 55.5 Å². The van der Waals surface area contributed by atoms with E-state index in [1.165, 1.54) is 38.0 Å². The zero-order chi connectivity index (χ0) is 14.8. The van der Waals surface area contributed by atoms with Gasteiger partial charge in [-0.1, -0.05) is 0 Å². The fraction of sp³-hybridized carbons (Fsp3) is 0.400. The second kappa shape index (κ2) is 5.41. The molecule has 9 heteroatoms. The quantitative estimate of drug-likeness (QED) is 0.729. The summed E-state index contributed by atoms with van der Waals surface area (Å²) in [7, 11) is 0.464. The molecule has 8 nitrogen and oxygen atoms in total. The first-order chi connectivity index (χ1) is 8.69. The van der Waals surface area contributed by atoms with Gasteiger partial charge in [-0.15, -0.1) is 0 Å². The van der Waals surface area contributed by atoms with Gasteiger partial charge in [0.25, 0.3) is 5.91 Å². The Morgan fingerprint density at radius 2 is 2.05 bits per heavy atom. The SMILES string of the molecule is CNS(=O)(=O)c1cc(C(=O)N(C)CC(=O)O)n(C)c1. The number of amides is 1. The van der Waals surface area contributed by atoms with E-state index in [1.54, 1.807) is 0 Å². The topological polar surface area (TPSA) is 109 Å². The minimum atomic E-state index is -3.64. The Morgan fingerprint density at radius 3 is 2.53 bits per heavy atom. The second-order valence-corrected chi connectivity index (χ2v) is 5.82. The van der Waals surface area contributed by atoms with Crippen molar-refractivity contribution in [1.82, 2.24) is 14.2 Å². The van der Waals surface area contributed by atoms with Crippen molar-refractivity contribution >= 4 is 21.9 Å². The molecule has 0 atom stereocenters. The number of rotatable bonds is 5. The number of aryl methyl sites for hydroxylation is 1. The third kappa shape index (κ3) is 3.32. The van der Waals surface area contributed by atoms with E-state index in [1.807, 2.05) is 0 Å². The molecular formula is C10H15N3O5S. The van der Waals surface area contributed by atoms with E-state index in [4.69, 9.17) is 5.11 Å². The number of nitrogens with zero attached hydrogens (tertiary/aromatic N) is 2. The Kier molecular flexibility index (Phi) is 4.32. The highest BCUT2D eigenvalue weighted by atomic mass is 32.2. The monoisotopic (exact) mass is 289 g/mol. The van der Waals surface area contributed by atoms with Crippen LogP contribution in [0.5, 0.6) is 0 Å². The van der Waals surface area contributed by atoms with Crippen LogP contribution in [0.2, 0.25) is 0 Å². The molecule has 0 unspecified atom stereocenters. The van der Waals surface area contributed by atoms with Gasteiger partial charge >= 0.3 is 5.97 Å². The number of likely N-dealkylation sites (N-methyl/N-ethyl adjacent to an activating group) is 1. The number of carboxylic acids is 1. The van der Waals surface area contributed by atoms with E-state index < -0.39 is 28.4 Å². The molecule has 0 fully saturated rings. The molecule has 1 amide bonds. The van der Waals surface area contributed by atoms with Crippen LogP contribution in [0.25, 0.3) is 0 Å². The summed E-state index contributed by atoms with van der Waals surface area (Å²) in [4.78, 5) is 23.4. The fourth-order valence-corrected chi connectivity index (χ4v) is 2.28. The second-order valence-electron chi connectivity index (χ2n) is 3.93. The smallest absolute Gasteiger partial charge is 0.323 e. The van der Waals surface area contributed by atoms with Crippen LogP contribution < -0.4 is 4.72 Å². The van der Waals surface area contributed by atoms with Gasteiger partial charge < -0.3 is 14.6 Å². The van der Waals surface area contributed by atoms with E-state index in [-0.39, 0.29) is 10.6 Å². The van der Waals surface area contributed by atoms with Gasteiger partial charge in [-0.3, -0.25) is 9.59 Å². The molecule has 1 aromatic rings. The lowest BCUT2D eigenvalue weighted by Crippen LogP contribution is -2.32. The molecule has 0 saturated heterocycles. The van der Waals surface area contributed by atoms with Crippen molar-refractivity contribution < 1.29 is 23.1 Å². The Bertz CT molecular complexity index is 605. The van der Waals surface area contributed by atoms with Crippen LogP contribution in [0, 0.1) is 0 Å². The predicted molar refractivity (Wildman–Crippen MR) is 66.3 cm³/mol. The molecule has 1 rings (SSSR count). The summed E-state index contributed by atoms with van der Waals surface area (Å²) in [5, 5.41) is 8.61. The average molecular weight is 289 g/mol. The summed E-state index contributed by atoms with van der Waals surface area (Å²) in [6, 6.07) is 1.20. The largest absolute Gasteiger partial charge is 0.480 e. The number of nitrogens with one attached hydrogen (secondary N) is 1. The molecular weight excluding hydrogens is 274 g/mol. The van der Waals surface area contributed by atoms with E-state index in [0.29, 0.717) is 0 Å². The highest BCUT2D eigenvalue weighted by molar-refractivity contribution is 7.89. The van der Waals surface area contributed by atoms with Crippen LogP contribution in [0.1, 0.15) is 10.5 Å². The summed E-state index contributed by atoms with van der Waals surface area (Å²) in [5.41, 5.74) is 0.0950. The number of aromatic nitrogens is 1. The normalized spacial score (nSPS) is 11.3. The van der Waals surface area contributed by atoms with Gasteiger partial charge in [-0.25, -0.2) is 13.1 Å². The number of hydrogen-bond acceptors (Lipinski definition) is 4. The molecule has 0 spiro atoms. The maximum absolute atomic E-state index is 12.0. The summed E-state index contributed by atoms with van der Waals surface area (Å²) < 4.78 is 26.7. The zero-order valence-corrected chi connectivity index (χ0v) is 11.6. The highest BCUT2D eigenvalue weighted by Gasteiger charge is 2.22. The first-order valence-electron chi connectivity index (χ1n) is 5.26. The van der Waals surface area contributed by atoms with Crippen molar-refractivity contribution in [3.63, 3.8) is 0 Å². The van der Waals surface area contributed by atoms with Gasteiger partial charge in [0.15, 0.2) is 0 Å². The van der Waals surface area contributed by atoms with Crippen molar-refractivity contribution in [2.75, 3.05) is 20.6 Å². The van der Waals surface area contributed by atoms with Crippen LogP contribution in [0.4, 0.5) is 0 Å². The van der Waals surface area contributed by atoms with E-state index in [0.717, 1.165) is 4.90 Å². The van der Waals surface area contributed by atoms with Crippen LogP contribution >= 0.6 is 0 Å². The van der Waals surface area contributed by atoms with Crippen LogP contribution in [0.15, 0.2) is 17.2 Å². The Morgan fingerprint density at radius 1 is 1.47 bits per heavy atom. The summed E-state index contributed by atoms with van der Waals surface area (Å²) in [5.74, 6) is -1.71. The average Bonchev–Trinajstić information content (AvgIpc) is 2.70. The van der Waals surface area contributed by atoms with E-state index >= 15 is 0 Å². The molecule has 1 aromatic heterocycles. The van der Waals surface area contributed by atoms with Gasteiger partial charge in [0.2, 0.25) is 10.0 Å². The molecule has 1 heterocycles. The Labute approximate surface area is 110 Å². The summed E-state index contributed by atoms with van der Waals surface area (Å²) in [6.07, 6.45) is 1.29. The molecule has 0 aliphatic heterocycles. The predicted octanol–water partition coefficient (Wildman–Crippen LogP) is -0.910. The molecule has 0 aliphatic rings. The van der Waals surface area contributed by atoms with Crippen molar-refractivity contribution in [2.45, 2.75) is 4.90 Å². The molecule has 0 aliphatic carbocycles. The lowest BCUT2D eigenvalue weighted by atomic mass is 10.3. The summed E-state index contributed by atoms with van der Waals surface area (Å²) in [6.45, 7) is -0.460. The van der Waals surface area contributed by atoms with Crippen molar-refractivity contribution in [3.8, 4) is 0 Å². The molecule has 106 valence electrons.